The fourth-order valence-electron chi connectivity index (χ4n) is 3.96. The lowest BCUT2D eigenvalue weighted by Gasteiger charge is -2.32. The molecule has 0 aromatic heterocycles. The molecular formula is C24H33N3O4S. The van der Waals surface area contributed by atoms with Crippen molar-refractivity contribution < 1.29 is 17.9 Å². The van der Waals surface area contributed by atoms with Crippen LogP contribution in [0, 0.1) is 5.92 Å². The van der Waals surface area contributed by atoms with Crippen LogP contribution in [0.15, 0.2) is 48.5 Å². The Morgan fingerprint density at radius 3 is 2.56 bits per heavy atom. The first-order valence-electron chi connectivity index (χ1n) is 11.1. The third-order valence-electron chi connectivity index (χ3n) is 5.57. The molecule has 3 rings (SSSR count). The fraction of sp³-hybridized carbons (Fsp3) is 0.458. The largest absolute Gasteiger partial charge is 0.492 e. The van der Waals surface area contributed by atoms with Crippen molar-refractivity contribution in [2.24, 2.45) is 5.92 Å². The Morgan fingerprint density at radius 2 is 1.91 bits per heavy atom. The zero-order chi connectivity index (χ0) is 23.1. The first-order valence-corrected chi connectivity index (χ1v) is 12.9. The number of nitrogens with one attached hydrogen (secondary N) is 1. The summed E-state index contributed by atoms with van der Waals surface area (Å²) in [6.07, 6.45) is 3.57. The minimum absolute atomic E-state index is 0.313. The number of carbonyl (C=O) groups is 1. The molecule has 1 N–H and O–H groups in total. The zero-order valence-corrected chi connectivity index (χ0v) is 19.9. The van der Waals surface area contributed by atoms with Crippen LogP contribution in [-0.4, -0.2) is 46.8 Å². The number of amides is 1. The van der Waals surface area contributed by atoms with Gasteiger partial charge < -0.3 is 15.0 Å². The Balaban J connectivity index is 1.62. The molecule has 1 aliphatic rings. The van der Waals surface area contributed by atoms with Crippen LogP contribution >= 0.6 is 0 Å². The molecule has 0 bridgehead atoms. The van der Waals surface area contributed by atoms with E-state index in [1.807, 2.05) is 19.1 Å². The average molecular weight is 460 g/mol. The van der Waals surface area contributed by atoms with Crippen molar-refractivity contribution in [3.8, 4) is 5.75 Å². The normalized spacial score (nSPS) is 16.5. The van der Waals surface area contributed by atoms with Crippen molar-refractivity contribution in [2.45, 2.75) is 33.2 Å². The van der Waals surface area contributed by atoms with Crippen LogP contribution in [0.5, 0.6) is 5.75 Å². The second-order valence-corrected chi connectivity index (χ2v) is 10.2. The van der Waals surface area contributed by atoms with Crippen LogP contribution in [-0.2, 0) is 21.4 Å². The van der Waals surface area contributed by atoms with Crippen molar-refractivity contribution >= 4 is 27.3 Å². The highest BCUT2D eigenvalue weighted by atomic mass is 32.2. The number of anilines is 2. The van der Waals surface area contributed by atoms with E-state index in [4.69, 9.17) is 4.74 Å². The van der Waals surface area contributed by atoms with Crippen LogP contribution in [0.25, 0.3) is 0 Å². The molecule has 174 valence electrons. The molecule has 1 aliphatic heterocycles. The van der Waals surface area contributed by atoms with E-state index >= 15 is 0 Å². The number of hydrogen-bond donors (Lipinski definition) is 1. The molecule has 0 spiro atoms. The van der Waals surface area contributed by atoms with Crippen LogP contribution < -0.4 is 19.3 Å². The molecule has 1 amide bonds. The monoisotopic (exact) mass is 459 g/mol. The summed E-state index contributed by atoms with van der Waals surface area (Å²) in [7, 11) is -3.67. The third-order valence-corrected chi connectivity index (χ3v) is 6.70. The molecule has 2 aromatic carbocycles. The molecule has 8 heteroatoms. The topological polar surface area (TPSA) is 79.0 Å². The van der Waals surface area contributed by atoms with Gasteiger partial charge in [-0.25, -0.2) is 8.42 Å². The summed E-state index contributed by atoms with van der Waals surface area (Å²) in [4.78, 5) is 15.0. The van der Waals surface area contributed by atoms with E-state index in [1.54, 1.807) is 24.3 Å². The second-order valence-electron chi connectivity index (χ2n) is 8.31. The van der Waals surface area contributed by atoms with Crippen molar-refractivity contribution in [1.29, 1.82) is 0 Å². The number of rotatable bonds is 9. The first-order chi connectivity index (χ1) is 15.3. The molecule has 0 saturated carbocycles. The Kier molecular flexibility index (Phi) is 8.01. The van der Waals surface area contributed by atoms with Crippen LogP contribution in [0.3, 0.4) is 0 Å². The SMILES string of the molecule is CCOc1ccccc1N(CC(=O)NCc1ccc(N2CCCC(C)C2)cc1)S(C)(=O)=O. The third kappa shape index (κ3) is 6.38. The summed E-state index contributed by atoms with van der Waals surface area (Å²) in [6.45, 7) is 6.67. The summed E-state index contributed by atoms with van der Waals surface area (Å²) in [5.74, 6) is 0.750. The predicted molar refractivity (Wildman–Crippen MR) is 129 cm³/mol. The van der Waals surface area contributed by atoms with Gasteiger partial charge in [0, 0.05) is 25.3 Å². The zero-order valence-electron chi connectivity index (χ0n) is 19.1. The first kappa shape index (κ1) is 23.9. The van der Waals surface area contributed by atoms with Gasteiger partial charge in [0.2, 0.25) is 15.9 Å². The molecule has 1 saturated heterocycles. The molecule has 1 heterocycles. The summed E-state index contributed by atoms with van der Waals surface area (Å²) >= 11 is 0. The highest BCUT2D eigenvalue weighted by molar-refractivity contribution is 7.92. The van der Waals surface area contributed by atoms with E-state index in [0.717, 1.165) is 29.2 Å². The maximum atomic E-state index is 12.6. The Hall–Kier alpha value is -2.74. The van der Waals surface area contributed by atoms with Crippen molar-refractivity contribution in [1.82, 2.24) is 5.32 Å². The smallest absolute Gasteiger partial charge is 0.241 e. The van der Waals surface area contributed by atoms with Gasteiger partial charge in [-0.15, -0.1) is 0 Å². The van der Waals surface area contributed by atoms with Crippen molar-refractivity contribution in [3.05, 3.63) is 54.1 Å². The summed E-state index contributed by atoms with van der Waals surface area (Å²) in [6, 6.07) is 15.0. The number of carbonyl (C=O) groups excluding carboxylic acids is 1. The van der Waals surface area contributed by atoms with Gasteiger partial charge in [0.05, 0.1) is 18.6 Å². The van der Waals surface area contributed by atoms with E-state index in [-0.39, 0.29) is 12.5 Å². The molecule has 0 radical (unpaired) electrons. The van der Waals surface area contributed by atoms with Crippen LogP contribution in [0.4, 0.5) is 11.4 Å². The van der Waals surface area contributed by atoms with Gasteiger partial charge in [-0.05, 0) is 55.5 Å². The molecule has 2 aromatic rings. The molecule has 1 atom stereocenters. The fourth-order valence-corrected chi connectivity index (χ4v) is 4.82. The second kappa shape index (κ2) is 10.7. The quantitative estimate of drug-likeness (QED) is 0.622. The average Bonchev–Trinajstić information content (AvgIpc) is 2.76. The van der Waals surface area contributed by atoms with E-state index in [0.29, 0.717) is 30.5 Å². The summed E-state index contributed by atoms with van der Waals surface area (Å²) in [5.41, 5.74) is 2.52. The predicted octanol–water partition coefficient (Wildman–Crippen LogP) is 3.40. The van der Waals surface area contributed by atoms with Crippen molar-refractivity contribution in [3.63, 3.8) is 0 Å². The standard InChI is InChI=1S/C24H33N3O4S/c1-4-31-23-10-6-5-9-22(23)27(32(3,29)30)18-24(28)25-16-20-11-13-21(14-12-20)26-15-7-8-19(2)17-26/h5-6,9-14,19H,4,7-8,15-18H2,1-3H3,(H,25,28). The molecule has 1 fully saturated rings. The number of ether oxygens (including phenoxy) is 1. The summed E-state index contributed by atoms with van der Waals surface area (Å²) < 4.78 is 31.4. The Morgan fingerprint density at radius 1 is 1.19 bits per heavy atom. The van der Waals surface area contributed by atoms with Gasteiger partial charge in [0.1, 0.15) is 12.3 Å². The van der Waals surface area contributed by atoms with E-state index in [1.165, 1.54) is 18.5 Å². The van der Waals surface area contributed by atoms with Crippen LogP contribution in [0.2, 0.25) is 0 Å². The van der Waals surface area contributed by atoms with Gasteiger partial charge >= 0.3 is 0 Å². The highest BCUT2D eigenvalue weighted by Gasteiger charge is 2.24. The lowest BCUT2D eigenvalue weighted by molar-refractivity contribution is -0.119. The maximum absolute atomic E-state index is 12.6. The number of piperidine rings is 1. The number of para-hydroxylation sites is 2. The molecular weight excluding hydrogens is 426 g/mol. The van der Waals surface area contributed by atoms with Gasteiger partial charge in [-0.3, -0.25) is 9.10 Å². The molecule has 32 heavy (non-hydrogen) atoms. The Bertz CT molecular complexity index is 1010. The van der Waals surface area contributed by atoms with E-state index in [9.17, 15) is 13.2 Å². The maximum Gasteiger partial charge on any atom is 0.241 e. The number of hydrogen-bond acceptors (Lipinski definition) is 5. The van der Waals surface area contributed by atoms with E-state index in [2.05, 4.69) is 29.3 Å². The van der Waals surface area contributed by atoms with E-state index < -0.39 is 10.0 Å². The lowest BCUT2D eigenvalue weighted by Crippen LogP contribution is -2.40. The minimum Gasteiger partial charge on any atom is -0.492 e. The highest BCUT2D eigenvalue weighted by Crippen LogP contribution is 2.29. The van der Waals surface area contributed by atoms with Gasteiger partial charge in [0.15, 0.2) is 0 Å². The lowest BCUT2D eigenvalue weighted by atomic mass is 9.99. The molecule has 7 nitrogen and oxygen atoms in total. The molecule has 1 unspecified atom stereocenters. The number of nitrogens with zero attached hydrogens (tertiary/aromatic N) is 2. The Labute approximate surface area is 191 Å². The van der Waals surface area contributed by atoms with Gasteiger partial charge in [-0.1, -0.05) is 31.2 Å². The number of benzene rings is 2. The summed E-state index contributed by atoms with van der Waals surface area (Å²) in [5, 5.41) is 2.83. The molecule has 0 aliphatic carbocycles. The minimum atomic E-state index is -3.67. The number of sulfonamides is 1. The van der Waals surface area contributed by atoms with Crippen LogP contribution in [0.1, 0.15) is 32.3 Å². The van der Waals surface area contributed by atoms with Crippen molar-refractivity contribution in [2.75, 3.05) is 41.7 Å². The van der Waals surface area contributed by atoms with Gasteiger partial charge in [0.25, 0.3) is 0 Å². The van der Waals surface area contributed by atoms with Gasteiger partial charge in [-0.2, -0.15) is 0 Å².